The van der Waals surface area contributed by atoms with E-state index >= 15 is 0 Å². The Balaban J connectivity index is 2.56. The van der Waals surface area contributed by atoms with Gasteiger partial charge < -0.3 is 0 Å². The number of hydrogen-bond donors (Lipinski definition) is 1. The van der Waals surface area contributed by atoms with Gasteiger partial charge in [0, 0.05) is 0 Å². The minimum atomic E-state index is -3.13. The summed E-state index contributed by atoms with van der Waals surface area (Å²) in [6.07, 6.45) is 1.12. The number of hydrogen-bond acceptors (Lipinski definition) is 2. The molecule has 0 bridgehead atoms. The molecule has 0 aliphatic heterocycles. The highest BCUT2D eigenvalue weighted by atomic mass is 32.2. The van der Waals surface area contributed by atoms with Crippen LogP contribution in [0.2, 0.25) is 0 Å². The Morgan fingerprint density at radius 2 is 1.83 bits per heavy atom. The molecule has 0 amide bonds. The van der Waals surface area contributed by atoms with Gasteiger partial charge in [0.2, 0.25) is 0 Å². The highest BCUT2D eigenvalue weighted by molar-refractivity contribution is 7.89. The van der Waals surface area contributed by atoms with Crippen LogP contribution >= 0.6 is 0 Å². The normalized spacial score (nSPS) is 11.1. The summed E-state index contributed by atoms with van der Waals surface area (Å²) in [6.45, 7) is 0. The van der Waals surface area contributed by atoms with E-state index in [9.17, 15) is 8.42 Å². The molecule has 0 saturated heterocycles. The van der Waals surface area contributed by atoms with Crippen LogP contribution in [0, 0.1) is 0 Å². The molecule has 3 nitrogen and oxygen atoms in total. The summed E-state index contributed by atoms with van der Waals surface area (Å²) in [4.78, 5) is 0. The van der Waals surface area contributed by atoms with E-state index in [0.717, 1.165) is 11.7 Å². The van der Waals surface area contributed by atoms with Crippen molar-refractivity contribution in [3.63, 3.8) is 0 Å². The predicted molar refractivity (Wildman–Crippen MR) is 49.8 cm³/mol. The summed E-state index contributed by atoms with van der Waals surface area (Å²) in [6, 6.07) is 9.19. The van der Waals surface area contributed by atoms with Crippen molar-refractivity contribution in [1.29, 1.82) is 0 Å². The zero-order chi connectivity index (χ0) is 9.03. The lowest BCUT2D eigenvalue weighted by atomic mass is 9.85. The molecule has 0 aliphatic carbocycles. The molecule has 0 spiro atoms. The van der Waals surface area contributed by atoms with Gasteiger partial charge in [-0.05, 0) is 0 Å². The fraction of sp³-hybridized carbons (Fsp3) is 0.143. The van der Waals surface area contributed by atoms with E-state index in [0.29, 0.717) is 0 Å². The lowest BCUT2D eigenvalue weighted by Crippen LogP contribution is -2.34. The van der Waals surface area contributed by atoms with Gasteiger partial charge in [0.15, 0.2) is 10.0 Å². The molecular formula is C7H9BNO2S. The first-order valence-electron chi connectivity index (χ1n) is 3.43. The topological polar surface area (TPSA) is 46.2 Å². The van der Waals surface area contributed by atoms with Crippen LogP contribution in [-0.2, 0) is 10.0 Å². The second kappa shape index (κ2) is 3.73. The van der Waals surface area contributed by atoms with Crippen molar-refractivity contribution in [2.75, 3.05) is 6.26 Å². The van der Waals surface area contributed by atoms with Crippen molar-refractivity contribution >= 4 is 22.9 Å². The van der Waals surface area contributed by atoms with Crippen LogP contribution in [0.25, 0.3) is 0 Å². The zero-order valence-electron chi connectivity index (χ0n) is 6.69. The van der Waals surface area contributed by atoms with Crippen molar-refractivity contribution in [1.82, 2.24) is 4.63 Å². The van der Waals surface area contributed by atoms with Crippen molar-refractivity contribution in [2.24, 2.45) is 0 Å². The zero-order valence-corrected chi connectivity index (χ0v) is 7.51. The average molecular weight is 182 g/mol. The molecular weight excluding hydrogens is 173 g/mol. The molecule has 0 aliphatic rings. The van der Waals surface area contributed by atoms with Gasteiger partial charge in [0.25, 0.3) is 7.41 Å². The third-order valence-corrected chi connectivity index (χ3v) is 1.79. The van der Waals surface area contributed by atoms with Crippen LogP contribution in [0.4, 0.5) is 0 Å². The molecule has 63 valence electrons. The molecule has 12 heavy (non-hydrogen) atoms. The third-order valence-electron chi connectivity index (χ3n) is 1.24. The minimum absolute atomic E-state index is 0.836. The van der Waals surface area contributed by atoms with E-state index in [1.54, 1.807) is 0 Å². The molecule has 1 radical (unpaired) electrons. The molecule has 0 fully saturated rings. The summed E-state index contributed by atoms with van der Waals surface area (Å²) in [5.41, 5.74) is 0.836. The quantitative estimate of drug-likeness (QED) is 0.639. The van der Waals surface area contributed by atoms with E-state index in [2.05, 4.69) is 4.63 Å². The summed E-state index contributed by atoms with van der Waals surface area (Å²) in [5, 5.41) is 0. The Morgan fingerprint density at radius 3 is 2.33 bits per heavy atom. The van der Waals surface area contributed by atoms with E-state index in [-0.39, 0.29) is 0 Å². The highest BCUT2D eigenvalue weighted by Crippen LogP contribution is 1.80. The summed E-state index contributed by atoms with van der Waals surface area (Å²) >= 11 is 0. The summed E-state index contributed by atoms with van der Waals surface area (Å²) in [7, 11) is -1.67. The van der Waals surface area contributed by atoms with E-state index in [1.165, 1.54) is 7.41 Å². The van der Waals surface area contributed by atoms with Crippen molar-refractivity contribution < 1.29 is 8.42 Å². The van der Waals surface area contributed by atoms with Crippen molar-refractivity contribution in [3.8, 4) is 0 Å². The standard InChI is InChI=1S/C7H9BNO2S/c1-12(10,11)9-8-7-5-3-2-4-6-7/h2-6,9H,1H3. The largest absolute Gasteiger partial charge is 0.262 e. The van der Waals surface area contributed by atoms with Gasteiger partial charge in [-0.3, -0.25) is 4.63 Å². The van der Waals surface area contributed by atoms with Gasteiger partial charge in [-0.25, -0.2) is 8.42 Å². The van der Waals surface area contributed by atoms with Crippen molar-refractivity contribution in [3.05, 3.63) is 30.3 Å². The summed E-state index contributed by atoms with van der Waals surface area (Å²) < 4.78 is 23.6. The van der Waals surface area contributed by atoms with Crippen LogP contribution in [-0.4, -0.2) is 22.1 Å². The van der Waals surface area contributed by atoms with E-state index < -0.39 is 10.0 Å². The van der Waals surface area contributed by atoms with Gasteiger partial charge in [-0.2, -0.15) is 0 Å². The van der Waals surface area contributed by atoms with E-state index in [4.69, 9.17) is 0 Å². The van der Waals surface area contributed by atoms with Gasteiger partial charge in [-0.15, -0.1) is 0 Å². The Bertz CT molecular complexity index is 336. The fourth-order valence-corrected chi connectivity index (χ4v) is 1.07. The molecule has 0 unspecified atom stereocenters. The second-order valence-corrected chi connectivity index (χ2v) is 4.23. The number of nitrogens with one attached hydrogen (secondary N) is 1. The maximum atomic E-state index is 10.7. The first-order chi connectivity index (χ1) is 5.58. The first-order valence-corrected chi connectivity index (χ1v) is 5.33. The van der Waals surface area contributed by atoms with Crippen LogP contribution in [0.1, 0.15) is 0 Å². The molecule has 0 saturated carbocycles. The Hall–Kier alpha value is -0.805. The molecule has 0 heterocycles. The highest BCUT2D eigenvalue weighted by Gasteiger charge is 2.01. The fourth-order valence-electron chi connectivity index (χ4n) is 0.724. The average Bonchev–Trinajstić information content (AvgIpc) is 2.02. The summed E-state index contributed by atoms with van der Waals surface area (Å²) in [5.74, 6) is 0. The molecule has 1 aromatic carbocycles. The molecule has 0 atom stereocenters. The Kier molecular flexibility index (Phi) is 2.89. The Labute approximate surface area is 73.1 Å². The maximum Gasteiger partial charge on any atom is 0.262 e. The molecule has 1 N–H and O–H groups in total. The number of rotatable bonds is 3. The van der Waals surface area contributed by atoms with Gasteiger partial charge in [-0.1, -0.05) is 35.8 Å². The SMILES string of the molecule is CS(=O)(=O)N[B]c1ccccc1. The lowest BCUT2D eigenvalue weighted by molar-refractivity contribution is 0.599. The van der Waals surface area contributed by atoms with Crippen LogP contribution in [0.15, 0.2) is 30.3 Å². The maximum absolute atomic E-state index is 10.7. The Morgan fingerprint density at radius 1 is 1.25 bits per heavy atom. The molecule has 5 heteroatoms. The second-order valence-electron chi connectivity index (χ2n) is 2.45. The lowest BCUT2D eigenvalue weighted by Gasteiger charge is -1.98. The van der Waals surface area contributed by atoms with Crippen LogP contribution in [0.3, 0.4) is 0 Å². The predicted octanol–water partition coefficient (Wildman–Crippen LogP) is -0.520. The monoisotopic (exact) mass is 182 g/mol. The number of benzene rings is 1. The third kappa shape index (κ3) is 3.55. The molecule has 0 aromatic heterocycles. The molecule has 1 rings (SSSR count). The van der Waals surface area contributed by atoms with Crippen molar-refractivity contribution in [2.45, 2.75) is 0 Å². The van der Waals surface area contributed by atoms with Crippen LogP contribution < -0.4 is 10.1 Å². The smallest absolute Gasteiger partial charge is 0.255 e. The first kappa shape index (κ1) is 9.28. The molecule has 1 aromatic rings. The van der Waals surface area contributed by atoms with E-state index in [1.807, 2.05) is 30.3 Å². The van der Waals surface area contributed by atoms with Crippen LogP contribution in [0.5, 0.6) is 0 Å². The number of sulfonamides is 1. The van der Waals surface area contributed by atoms with Gasteiger partial charge in [0.05, 0.1) is 6.26 Å². The van der Waals surface area contributed by atoms with Gasteiger partial charge >= 0.3 is 0 Å². The van der Waals surface area contributed by atoms with Gasteiger partial charge in [0.1, 0.15) is 0 Å². The minimum Gasteiger partial charge on any atom is -0.255 e.